The third-order valence-corrected chi connectivity index (χ3v) is 4.18. The zero-order chi connectivity index (χ0) is 10.0. The van der Waals surface area contributed by atoms with E-state index in [4.69, 9.17) is 21.1 Å². The molecule has 2 nitrogen and oxygen atoms in total. The van der Waals surface area contributed by atoms with E-state index >= 15 is 0 Å². The van der Waals surface area contributed by atoms with Crippen molar-refractivity contribution in [3.8, 4) is 0 Å². The maximum Gasteiger partial charge on any atom is 0.214 e. The van der Waals surface area contributed by atoms with Crippen LogP contribution in [0, 0.1) is 0 Å². The summed E-state index contributed by atoms with van der Waals surface area (Å²) in [4.78, 5) is 1.09. The Bertz CT molecular complexity index is 293. The quantitative estimate of drug-likeness (QED) is 0.799. The van der Waals surface area contributed by atoms with Crippen molar-refractivity contribution in [3.63, 3.8) is 0 Å². The highest BCUT2D eigenvalue weighted by atomic mass is 79.9. The van der Waals surface area contributed by atoms with Gasteiger partial charge in [-0.15, -0.1) is 22.9 Å². The van der Waals surface area contributed by atoms with E-state index in [2.05, 4.69) is 15.9 Å². The fourth-order valence-corrected chi connectivity index (χ4v) is 3.15. The van der Waals surface area contributed by atoms with Gasteiger partial charge in [-0.2, -0.15) is 0 Å². The van der Waals surface area contributed by atoms with Gasteiger partial charge in [-0.25, -0.2) is 0 Å². The van der Waals surface area contributed by atoms with Crippen LogP contribution >= 0.6 is 38.9 Å². The molecule has 0 aliphatic carbocycles. The second kappa shape index (κ2) is 4.49. The SMILES string of the molecule is ClC[C@@H]1CO[C@](CBr)(c2cccs2)O1. The van der Waals surface area contributed by atoms with Crippen molar-refractivity contribution < 1.29 is 9.47 Å². The van der Waals surface area contributed by atoms with E-state index in [9.17, 15) is 0 Å². The van der Waals surface area contributed by atoms with Crippen molar-refractivity contribution in [1.29, 1.82) is 0 Å². The first kappa shape index (κ1) is 10.9. The Labute approximate surface area is 100 Å². The number of thiophene rings is 1. The van der Waals surface area contributed by atoms with Gasteiger partial charge in [0.2, 0.25) is 5.79 Å². The molecule has 0 radical (unpaired) electrons. The van der Waals surface area contributed by atoms with Gasteiger partial charge in [0, 0.05) is 0 Å². The van der Waals surface area contributed by atoms with Gasteiger partial charge >= 0.3 is 0 Å². The number of halogens is 2. The summed E-state index contributed by atoms with van der Waals surface area (Å²) in [5, 5.41) is 2.65. The number of ether oxygens (including phenoxy) is 2. The average molecular weight is 298 g/mol. The minimum Gasteiger partial charge on any atom is -0.342 e. The van der Waals surface area contributed by atoms with Crippen LogP contribution in [0.25, 0.3) is 0 Å². The molecule has 1 aliphatic heterocycles. The Kier molecular flexibility index (Phi) is 3.50. The van der Waals surface area contributed by atoms with Crippen molar-refractivity contribution >= 4 is 38.9 Å². The zero-order valence-electron chi connectivity index (χ0n) is 7.41. The topological polar surface area (TPSA) is 18.5 Å². The summed E-state index contributed by atoms with van der Waals surface area (Å²) < 4.78 is 11.5. The normalized spacial score (nSPS) is 32.3. The third kappa shape index (κ3) is 1.86. The predicted molar refractivity (Wildman–Crippen MR) is 61.3 cm³/mol. The number of hydrogen-bond acceptors (Lipinski definition) is 3. The monoisotopic (exact) mass is 296 g/mol. The zero-order valence-corrected chi connectivity index (χ0v) is 10.6. The van der Waals surface area contributed by atoms with Crippen LogP contribution in [0.2, 0.25) is 0 Å². The molecule has 1 aromatic heterocycles. The molecular formula is C9H10BrClO2S. The summed E-state index contributed by atoms with van der Waals surface area (Å²) in [5.41, 5.74) is 0. The number of hydrogen-bond donors (Lipinski definition) is 0. The molecule has 1 fully saturated rings. The molecule has 5 heteroatoms. The molecule has 0 N–H and O–H groups in total. The van der Waals surface area contributed by atoms with Gasteiger partial charge < -0.3 is 9.47 Å². The van der Waals surface area contributed by atoms with Crippen LogP contribution in [0.15, 0.2) is 17.5 Å². The van der Waals surface area contributed by atoms with Gasteiger partial charge in [-0.05, 0) is 11.4 Å². The summed E-state index contributed by atoms with van der Waals surface area (Å²) in [7, 11) is 0. The molecule has 78 valence electrons. The number of alkyl halides is 2. The Balaban J connectivity index is 2.20. The highest BCUT2D eigenvalue weighted by molar-refractivity contribution is 9.09. The lowest BCUT2D eigenvalue weighted by atomic mass is 10.2. The van der Waals surface area contributed by atoms with Crippen LogP contribution in [0.3, 0.4) is 0 Å². The standard InChI is InChI=1S/C9H10BrClO2S/c10-6-9(8-2-1-3-14-8)12-5-7(4-11)13-9/h1-3,7H,4-6H2/t7-,9+/m1/s1. The third-order valence-electron chi connectivity index (χ3n) is 2.10. The summed E-state index contributed by atoms with van der Waals surface area (Å²) in [6, 6.07) is 4.01. The fraction of sp³-hybridized carbons (Fsp3) is 0.556. The Morgan fingerprint density at radius 3 is 3.07 bits per heavy atom. The van der Waals surface area contributed by atoms with Crippen molar-refractivity contribution in [2.75, 3.05) is 17.8 Å². The molecular weight excluding hydrogens is 288 g/mol. The summed E-state index contributed by atoms with van der Waals surface area (Å²) in [5.74, 6) is -0.145. The van der Waals surface area contributed by atoms with E-state index in [0.717, 1.165) is 4.88 Å². The minimum absolute atomic E-state index is 0.00341. The molecule has 0 bridgehead atoms. The van der Waals surface area contributed by atoms with Gasteiger partial charge in [0.25, 0.3) is 0 Å². The lowest BCUT2D eigenvalue weighted by molar-refractivity contribution is -0.151. The molecule has 0 amide bonds. The summed E-state index contributed by atoms with van der Waals surface area (Å²) in [6.07, 6.45) is -0.00341. The second-order valence-electron chi connectivity index (χ2n) is 3.07. The van der Waals surface area contributed by atoms with Crippen LogP contribution < -0.4 is 0 Å². The van der Waals surface area contributed by atoms with Crippen LogP contribution in [-0.4, -0.2) is 23.9 Å². The average Bonchev–Trinajstić information content (AvgIpc) is 2.87. The lowest BCUT2D eigenvalue weighted by Gasteiger charge is -2.24. The molecule has 0 unspecified atom stereocenters. The van der Waals surface area contributed by atoms with Crippen molar-refractivity contribution in [2.45, 2.75) is 11.9 Å². The molecule has 2 atom stereocenters. The Morgan fingerprint density at radius 2 is 2.57 bits per heavy atom. The first-order valence-electron chi connectivity index (χ1n) is 4.28. The van der Waals surface area contributed by atoms with Crippen LogP contribution in [-0.2, 0) is 15.3 Å². The molecule has 1 aromatic rings. The van der Waals surface area contributed by atoms with E-state index in [1.54, 1.807) is 11.3 Å². The molecule has 0 aromatic carbocycles. The van der Waals surface area contributed by atoms with Crippen LogP contribution in [0.1, 0.15) is 4.88 Å². The molecule has 1 saturated heterocycles. The van der Waals surface area contributed by atoms with E-state index in [1.807, 2.05) is 17.5 Å². The molecule has 0 spiro atoms. The first-order chi connectivity index (χ1) is 6.80. The van der Waals surface area contributed by atoms with Crippen LogP contribution in [0.4, 0.5) is 0 Å². The largest absolute Gasteiger partial charge is 0.342 e. The van der Waals surface area contributed by atoms with Crippen molar-refractivity contribution in [1.82, 2.24) is 0 Å². The minimum atomic E-state index is -0.617. The predicted octanol–water partition coefficient (Wildman–Crippen LogP) is 2.95. The van der Waals surface area contributed by atoms with E-state index < -0.39 is 5.79 Å². The number of rotatable bonds is 3. The Morgan fingerprint density at radius 1 is 1.71 bits per heavy atom. The molecule has 0 saturated carbocycles. The van der Waals surface area contributed by atoms with Gasteiger partial charge in [0.1, 0.15) is 0 Å². The molecule has 2 rings (SSSR count). The maximum absolute atomic E-state index is 5.80. The summed E-state index contributed by atoms with van der Waals surface area (Å²) in [6.45, 7) is 0.563. The first-order valence-corrected chi connectivity index (χ1v) is 6.82. The highest BCUT2D eigenvalue weighted by Gasteiger charge is 2.42. The Hall–Kier alpha value is 0.390. The molecule has 1 aliphatic rings. The van der Waals surface area contributed by atoms with Gasteiger partial charge in [0.05, 0.1) is 28.8 Å². The smallest absolute Gasteiger partial charge is 0.214 e. The maximum atomic E-state index is 5.80. The van der Waals surface area contributed by atoms with E-state index in [1.165, 1.54) is 0 Å². The van der Waals surface area contributed by atoms with Crippen LogP contribution in [0.5, 0.6) is 0 Å². The van der Waals surface area contributed by atoms with Gasteiger partial charge in [0.15, 0.2) is 0 Å². The molecule has 2 heterocycles. The molecule has 14 heavy (non-hydrogen) atoms. The highest BCUT2D eigenvalue weighted by Crippen LogP contribution is 2.38. The van der Waals surface area contributed by atoms with Gasteiger partial charge in [-0.3, -0.25) is 0 Å². The van der Waals surface area contributed by atoms with Gasteiger partial charge in [-0.1, -0.05) is 22.0 Å². The summed E-state index contributed by atoms with van der Waals surface area (Å²) >= 11 is 10.8. The van der Waals surface area contributed by atoms with E-state index in [-0.39, 0.29) is 6.10 Å². The fourth-order valence-electron chi connectivity index (χ4n) is 1.40. The van der Waals surface area contributed by atoms with Crippen molar-refractivity contribution in [3.05, 3.63) is 22.4 Å². The van der Waals surface area contributed by atoms with Crippen molar-refractivity contribution in [2.24, 2.45) is 0 Å². The van der Waals surface area contributed by atoms with E-state index in [0.29, 0.717) is 17.8 Å². The second-order valence-corrected chi connectivity index (χ2v) is 4.89. The lowest BCUT2D eigenvalue weighted by Crippen LogP contribution is -2.29.